The van der Waals surface area contributed by atoms with Crippen molar-refractivity contribution < 1.29 is 28.5 Å². The number of methoxy groups -OCH3 is 3. The molecule has 0 aromatic rings. The Bertz CT molecular complexity index is 867. The average Bonchev–Trinajstić information content (AvgIpc) is 3.37. The SMILES string of the molecule is CCN1C[C@]2(C)CC[C@H](OC)[C@@]34[C@@H]5C[C@H]6[C@H](OC)[C@@H]5[C@@]5(C[C@@H]6OC)OCO[C@@]5(C(=O)[C@H]23)[C@H]14. The van der Waals surface area contributed by atoms with E-state index in [0.717, 1.165) is 32.4 Å². The topological polar surface area (TPSA) is 66.5 Å². The number of rotatable bonds is 4. The first kappa shape index (κ1) is 20.8. The number of piperidine rings is 1. The van der Waals surface area contributed by atoms with Crippen LogP contribution in [0.15, 0.2) is 0 Å². The largest absolute Gasteiger partial charge is 0.381 e. The fourth-order valence-electron chi connectivity index (χ4n) is 11.1. The lowest BCUT2D eigenvalue weighted by atomic mass is 9.43. The molecule has 5 aliphatic carbocycles. The molecule has 0 N–H and O–H groups in total. The number of carbonyl (C=O) groups is 1. The van der Waals surface area contributed by atoms with Crippen LogP contribution in [0, 0.1) is 34.5 Å². The van der Waals surface area contributed by atoms with Gasteiger partial charge in [-0.05, 0) is 37.1 Å². The van der Waals surface area contributed by atoms with Gasteiger partial charge in [-0.3, -0.25) is 9.69 Å². The highest BCUT2D eigenvalue weighted by Gasteiger charge is 2.93. The molecule has 7 aliphatic rings. The lowest BCUT2D eigenvalue weighted by molar-refractivity contribution is -0.281. The summed E-state index contributed by atoms with van der Waals surface area (Å²) >= 11 is 0. The first-order valence-corrected chi connectivity index (χ1v) is 12.6. The fraction of sp³-hybridized carbons (Fsp3) is 0.960. The van der Waals surface area contributed by atoms with E-state index in [1.54, 1.807) is 7.11 Å². The van der Waals surface area contributed by atoms with Crippen molar-refractivity contribution in [2.75, 3.05) is 41.2 Å². The third-order valence-electron chi connectivity index (χ3n) is 11.5. The van der Waals surface area contributed by atoms with Crippen LogP contribution in [0.3, 0.4) is 0 Å². The van der Waals surface area contributed by atoms with E-state index in [4.69, 9.17) is 23.7 Å². The molecule has 7 rings (SSSR count). The Labute approximate surface area is 190 Å². The van der Waals surface area contributed by atoms with E-state index in [0.29, 0.717) is 18.3 Å². The van der Waals surface area contributed by atoms with E-state index < -0.39 is 11.2 Å². The van der Waals surface area contributed by atoms with Crippen LogP contribution in [0.2, 0.25) is 0 Å². The normalized spacial score (nSPS) is 61.8. The number of likely N-dealkylation sites (N-methyl/N-ethyl adjacent to an activating group) is 1. The van der Waals surface area contributed by atoms with Crippen molar-refractivity contribution in [2.45, 2.75) is 75.1 Å². The number of nitrogens with zero attached hydrogens (tertiary/aromatic N) is 1. The van der Waals surface area contributed by atoms with Gasteiger partial charge < -0.3 is 23.7 Å². The van der Waals surface area contributed by atoms with E-state index in [-0.39, 0.29) is 59.6 Å². The molecule has 7 heteroatoms. The summed E-state index contributed by atoms with van der Waals surface area (Å²) in [6.07, 6.45) is 3.83. The minimum atomic E-state index is -0.962. The van der Waals surface area contributed by atoms with Gasteiger partial charge >= 0.3 is 0 Å². The van der Waals surface area contributed by atoms with Crippen LogP contribution in [0.1, 0.15) is 39.5 Å². The van der Waals surface area contributed by atoms with E-state index in [1.807, 2.05) is 14.2 Å². The molecule has 0 unspecified atom stereocenters. The van der Waals surface area contributed by atoms with Crippen molar-refractivity contribution in [3.8, 4) is 0 Å². The van der Waals surface area contributed by atoms with Gasteiger partial charge in [-0.25, -0.2) is 0 Å². The van der Waals surface area contributed by atoms with E-state index in [2.05, 4.69) is 18.7 Å². The van der Waals surface area contributed by atoms with Crippen molar-refractivity contribution in [1.29, 1.82) is 0 Å². The maximum atomic E-state index is 14.8. The van der Waals surface area contributed by atoms with Gasteiger partial charge in [0.05, 0.1) is 24.4 Å². The number of hydrogen-bond acceptors (Lipinski definition) is 7. The molecule has 5 saturated carbocycles. The highest BCUT2D eigenvalue weighted by Crippen LogP contribution is 2.81. The quantitative estimate of drug-likeness (QED) is 0.652. The number of fused-ring (bicyclic) bond motifs is 1. The zero-order chi connectivity index (χ0) is 22.3. The van der Waals surface area contributed by atoms with E-state index in [1.165, 1.54) is 0 Å². The lowest BCUT2D eigenvalue weighted by Gasteiger charge is -2.69. The lowest BCUT2D eigenvalue weighted by Crippen LogP contribution is -2.80. The van der Waals surface area contributed by atoms with Gasteiger partial charge in [0, 0.05) is 57.5 Å². The van der Waals surface area contributed by atoms with Crippen LogP contribution in [0.5, 0.6) is 0 Å². The maximum absolute atomic E-state index is 14.8. The molecule has 7 bridgehead atoms. The third-order valence-corrected chi connectivity index (χ3v) is 11.5. The number of Topliss-reactive ketones (excluding diaryl/α,β-unsaturated/α-hetero) is 1. The van der Waals surface area contributed by atoms with Gasteiger partial charge in [0.15, 0.2) is 11.4 Å². The van der Waals surface area contributed by atoms with Gasteiger partial charge in [0.25, 0.3) is 0 Å². The summed E-state index contributed by atoms with van der Waals surface area (Å²) < 4.78 is 32.0. The maximum Gasteiger partial charge on any atom is 0.174 e. The molecule has 32 heavy (non-hydrogen) atoms. The standard InChI is InChI=1S/C25H37NO6/c1-6-26-11-22(2)8-7-16(29-4)24-14-9-13-15(28-3)10-23(17(14)18(13)30-5)25(21(24)26,32-12-31-23)20(27)19(22)24/h13-19,21H,6-12H2,1-5H3/t13-,14-,15+,16+,17-,18+,19-,21-,22+,23-,24+,25+/m1/s1. The predicted molar refractivity (Wildman–Crippen MR) is 114 cm³/mol. The first-order chi connectivity index (χ1) is 15.4. The summed E-state index contributed by atoms with van der Waals surface area (Å²) in [5.41, 5.74) is -1.97. The molecule has 2 aliphatic heterocycles. The number of carbonyl (C=O) groups excluding carboxylic acids is 1. The Balaban J connectivity index is 1.57. The summed E-state index contributed by atoms with van der Waals surface area (Å²) in [6, 6.07) is -0.00793. The fourth-order valence-corrected chi connectivity index (χ4v) is 11.1. The van der Waals surface area contributed by atoms with Crippen molar-refractivity contribution >= 4 is 5.78 Å². The molecule has 2 saturated heterocycles. The Morgan fingerprint density at radius 2 is 1.97 bits per heavy atom. The molecule has 0 aromatic carbocycles. The molecular formula is C25H37NO6. The van der Waals surface area contributed by atoms with Crippen molar-refractivity contribution in [3.05, 3.63) is 0 Å². The van der Waals surface area contributed by atoms with E-state index >= 15 is 0 Å². The summed E-state index contributed by atoms with van der Waals surface area (Å²) in [5, 5.41) is 0. The molecule has 12 atom stereocenters. The number of ketones is 1. The number of ether oxygens (including phenoxy) is 5. The minimum absolute atomic E-state index is 0.00793. The molecule has 0 aromatic heterocycles. The summed E-state index contributed by atoms with van der Waals surface area (Å²) in [5.74, 6) is 0.990. The van der Waals surface area contributed by atoms with E-state index in [9.17, 15) is 4.79 Å². The molecule has 0 radical (unpaired) electrons. The smallest absolute Gasteiger partial charge is 0.174 e. The highest BCUT2D eigenvalue weighted by molar-refractivity contribution is 5.98. The molecule has 2 heterocycles. The molecule has 0 amide bonds. The summed E-state index contributed by atoms with van der Waals surface area (Å²) in [4.78, 5) is 17.4. The monoisotopic (exact) mass is 447 g/mol. The summed E-state index contributed by atoms with van der Waals surface area (Å²) in [7, 11) is 5.47. The van der Waals surface area contributed by atoms with Crippen LogP contribution in [0.25, 0.3) is 0 Å². The van der Waals surface area contributed by atoms with Crippen LogP contribution < -0.4 is 0 Å². The van der Waals surface area contributed by atoms with Crippen LogP contribution >= 0.6 is 0 Å². The number of likely N-dealkylation sites (tertiary alicyclic amines) is 1. The van der Waals surface area contributed by atoms with Crippen molar-refractivity contribution in [3.63, 3.8) is 0 Å². The van der Waals surface area contributed by atoms with Crippen LogP contribution in [0.4, 0.5) is 0 Å². The predicted octanol–water partition coefficient (Wildman–Crippen LogP) is 1.87. The van der Waals surface area contributed by atoms with Gasteiger partial charge in [-0.1, -0.05) is 13.8 Å². The zero-order valence-corrected chi connectivity index (χ0v) is 20.0. The Hall–Kier alpha value is -0.570. The zero-order valence-electron chi connectivity index (χ0n) is 20.0. The second-order valence-electron chi connectivity index (χ2n) is 11.9. The Morgan fingerprint density at radius 1 is 1.16 bits per heavy atom. The van der Waals surface area contributed by atoms with Crippen LogP contribution in [-0.4, -0.2) is 87.5 Å². The molecular weight excluding hydrogens is 410 g/mol. The van der Waals surface area contributed by atoms with Crippen LogP contribution in [-0.2, 0) is 28.5 Å². The Kier molecular flexibility index (Phi) is 4.00. The van der Waals surface area contributed by atoms with Gasteiger partial charge in [0.2, 0.25) is 0 Å². The van der Waals surface area contributed by atoms with Gasteiger partial charge in [-0.15, -0.1) is 0 Å². The van der Waals surface area contributed by atoms with Gasteiger partial charge in [0.1, 0.15) is 12.4 Å². The van der Waals surface area contributed by atoms with Crippen molar-refractivity contribution in [2.24, 2.45) is 34.5 Å². The molecule has 7 fully saturated rings. The Morgan fingerprint density at radius 3 is 2.66 bits per heavy atom. The van der Waals surface area contributed by atoms with Gasteiger partial charge in [-0.2, -0.15) is 0 Å². The number of hydrogen-bond donors (Lipinski definition) is 0. The average molecular weight is 448 g/mol. The molecule has 7 nitrogen and oxygen atoms in total. The highest BCUT2D eigenvalue weighted by atomic mass is 16.7. The minimum Gasteiger partial charge on any atom is -0.381 e. The second-order valence-corrected chi connectivity index (χ2v) is 11.9. The molecule has 3 spiro atoms. The summed E-state index contributed by atoms with van der Waals surface area (Å²) in [6.45, 7) is 6.62. The van der Waals surface area contributed by atoms with Crippen molar-refractivity contribution in [1.82, 2.24) is 4.90 Å². The first-order valence-electron chi connectivity index (χ1n) is 12.6. The second kappa shape index (κ2) is 6.16. The molecule has 178 valence electrons. The third kappa shape index (κ3) is 1.75.